The topological polar surface area (TPSA) is 59.1 Å². The van der Waals surface area contributed by atoms with Gasteiger partial charge in [0.1, 0.15) is 0 Å². The number of fused-ring (bicyclic) bond motifs is 1. The second-order valence-corrected chi connectivity index (χ2v) is 5.90. The lowest BCUT2D eigenvalue weighted by molar-refractivity contribution is 0.582. The summed E-state index contributed by atoms with van der Waals surface area (Å²) in [4.78, 5) is 4.47. The number of aromatic nitrogens is 1. The standard InChI is InChI=1S/C12H12N2O2S/c15-17(16,14-9-6-7-9)12-5-1-4-11-10(12)3-2-8-13-11/h1-5,8-9,14H,6-7H2. The van der Waals surface area contributed by atoms with E-state index in [1.54, 1.807) is 30.5 Å². The maximum atomic E-state index is 12.2. The van der Waals surface area contributed by atoms with E-state index in [4.69, 9.17) is 0 Å². The van der Waals surface area contributed by atoms with Crippen LogP contribution in [0.5, 0.6) is 0 Å². The van der Waals surface area contributed by atoms with Gasteiger partial charge in [0.2, 0.25) is 10.0 Å². The first-order chi connectivity index (χ1) is 8.17. The van der Waals surface area contributed by atoms with Crippen molar-refractivity contribution in [2.75, 3.05) is 0 Å². The fourth-order valence-electron chi connectivity index (χ4n) is 1.79. The summed E-state index contributed by atoms with van der Waals surface area (Å²) in [6, 6.07) is 8.80. The van der Waals surface area contributed by atoms with Crippen LogP contribution in [-0.4, -0.2) is 19.4 Å². The van der Waals surface area contributed by atoms with Gasteiger partial charge in [-0.15, -0.1) is 0 Å². The van der Waals surface area contributed by atoms with Gasteiger partial charge in [0.25, 0.3) is 0 Å². The predicted octanol–water partition coefficient (Wildman–Crippen LogP) is 1.68. The van der Waals surface area contributed by atoms with E-state index in [9.17, 15) is 8.42 Å². The van der Waals surface area contributed by atoms with Crippen LogP contribution in [0.15, 0.2) is 41.4 Å². The van der Waals surface area contributed by atoms with Gasteiger partial charge in [-0.2, -0.15) is 0 Å². The fourth-order valence-corrected chi connectivity index (χ4v) is 3.31. The number of rotatable bonds is 3. The lowest BCUT2D eigenvalue weighted by Gasteiger charge is -2.07. The molecule has 3 rings (SSSR count). The van der Waals surface area contributed by atoms with E-state index in [2.05, 4.69) is 9.71 Å². The molecule has 1 saturated carbocycles. The molecular weight excluding hydrogens is 236 g/mol. The third-order valence-electron chi connectivity index (χ3n) is 2.79. The van der Waals surface area contributed by atoms with Crippen LogP contribution in [0.2, 0.25) is 0 Å². The quantitative estimate of drug-likeness (QED) is 0.899. The summed E-state index contributed by atoms with van der Waals surface area (Å²) in [6.07, 6.45) is 3.53. The second-order valence-electron chi connectivity index (χ2n) is 4.22. The molecule has 5 heteroatoms. The minimum absolute atomic E-state index is 0.118. The highest BCUT2D eigenvalue weighted by molar-refractivity contribution is 7.89. The van der Waals surface area contributed by atoms with Crippen LogP contribution in [0, 0.1) is 0 Å². The summed E-state index contributed by atoms with van der Waals surface area (Å²) in [6.45, 7) is 0. The molecule has 1 fully saturated rings. The van der Waals surface area contributed by atoms with Crippen molar-refractivity contribution >= 4 is 20.9 Å². The van der Waals surface area contributed by atoms with Crippen LogP contribution in [0.1, 0.15) is 12.8 Å². The van der Waals surface area contributed by atoms with Crippen LogP contribution in [-0.2, 0) is 10.0 Å². The van der Waals surface area contributed by atoms with Gasteiger partial charge in [-0.3, -0.25) is 4.98 Å². The normalized spacial score (nSPS) is 16.2. The van der Waals surface area contributed by atoms with Crippen LogP contribution >= 0.6 is 0 Å². The molecule has 0 amide bonds. The first kappa shape index (κ1) is 10.7. The molecule has 0 saturated heterocycles. The minimum atomic E-state index is -3.41. The molecular formula is C12H12N2O2S. The molecule has 88 valence electrons. The van der Waals surface area contributed by atoms with Gasteiger partial charge in [-0.25, -0.2) is 13.1 Å². The molecule has 1 aromatic carbocycles. The molecule has 0 spiro atoms. The fraction of sp³-hybridized carbons (Fsp3) is 0.250. The Hall–Kier alpha value is -1.46. The molecule has 1 aliphatic carbocycles. The number of pyridine rings is 1. The summed E-state index contributed by atoms with van der Waals surface area (Å²) < 4.78 is 27.0. The Morgan fingerprint density at radius 2 is 2.00 bits per heavy atom. The summed E-state index contributed by atoms with van der Waals surface area (Å²) in [5, 5.41) is 0.670. The number of sulfonamides is 1. The Labute approximate surface area is 99.7 Å². The third kappa shape index (κ3) is 2.03. The van der Waals surface area contributed by atoms with Gasteiger partial charge in [0.15, 0.2) is 0 Å². The lowest BCUT2D eigenvalue weighted by atomic mass is 10.2. The number of nitrogens with one attached hydrogen (secondary N) is 1. The summed E-state index contributed by atoms with van der Waals surface area (Å²) in [5.74, 6) is 0. The van der Waals surface area contributed by atoms with Gasteiger partial charge >= 0.3 is 0 Å². The van der Waals surface area contributed by atoms with Gasteiger partial charge < -0.3 is 0 Å². The van der Waals surface area contributed by atoms with Crippen LogP contribution in [0.25, 0.3) is 10.9 Å². The Morgan fingerprint density at radius 3 is 2.76 bits per heavy atom. The Balaban J connectivity index is 2.16. The highest BCUT2D eigenvalue weighted by Crippen LogP contribution is 2.25. The van der Waals surface area contributed by atoms with E-state index in [1.165, 1.54) is 0 Å². The Bertz CT molecular complexity index is 658. The number of hydrogen-bond donors (Lipinski definition) is 1. The zero-order valence-electron chi connectivity index (χ0n) is 9.13. The van der Waals surface area contributed by atoms with Crippen LogP contribution in [0.3, 0.4) is 0 Å². The monoisotopic (exact) mass is 248 g/mol. The highest BCUT2D eigenvalue weighted by Gasteiger charge is 2.28. The maximum Gasteiger partial charge on any atom is 0.241 e. The predicted molar refractivity (Wildman–Crippen MR) is 65.1 cm³/mol. The number of nitrogens with zero attached hydrogens (tertiary/aromatic N) is 1. The van der Waals surface area contributed by atoms with E-state index in [0.717, 1.165) is 12.8 Å². The van der Waals surface area contributed by atoms with Crippen molar-refractivity contribution in [1.29, 1.82) is 0 Å². The Morgan fingerprint density at radius 1 is 1.18 bits per heavy atom. The highest BCUT2D eigenvalue weighted by atomic mass is 32.2. The minimum Gasteiger partial charge on any atom is -0.256 e. The average Bonchev–Trinajstić information content (AvgIpc) is 3.11. The summed E-state index contributed by atoms with van der Waals surface area (Å²) >= 11 is 0. The van der Waals surface area contributed by atoms with Crippen molar-refractivity contribution in [2.45, 2.75) is 23.8 Å². The molecule has 0 atom stereocenters. The van der Waals surface area contributed by atoms with E-state index in [0.29, 0.717) is 15.8 Å². The van der Waals surface area contributed by atoms with Crippen molar-refractivity contribution in [3.63, 3.8) is 0 Å². The Kier molecular flexibility index (Phi) is 2.38. The second kappa shape index (κ2) is 3.78. The molecule has 4 nitrogen and oxygen atoms in total. The first-order valence-corrected chi connectivity index (χ1v) is 7.01. The molecule has 2 aromatic rings. The molecule has 17 heavy (non-hydrogen) atoms. The molecule has 0 aliphatic heterocycles. The summed E-state index contributed by atoms with van der Waals surface area (Å²) in [5.41, 5.74) is 0.700. The van der Waals surface area contributed by atoms with Crippen molar-refractivity contribution in [2.24, 2.45) is 0 Å². The van der Waals surface area contributed by atoms with Crippen molar-refractivity contribution in [1.82, 2.24) is 9.71 Å². The van der Waals surface area contributed by atoms with Crippen LogP contribution in [0.4, 0.5) is 0 Å². The van der Waals surface area contributed by atoms with Gasteiger partial charge in [0, 0.05) is 17.6 Å². The van der Waals surface area contributed by atoms with Gasteiger partial charge in [0.05, 0.1) is 10.4 Å². The van der Waals surface area contributed by atoms with Crippen molar-refractivity contribution in [3.05, 3.63) is 36.5 Å². The van der Waals surface area contributed by atoms with E-state index in [1.807, 2.05) is 6.07 Å². The largest absolute Gasteiger partial charge is 0.256 e. The van der Waals surface area contributed by atoms with Crippen molar-refractivity contribution < 1.29 is 8.42 Å². The molecule has 1 aliphatic rings. The molecule has 0 radical (unpaired) electrons. The number of hydrogen-bond acceptors (Lipinski definition) is 3. The van der Waals surface area contributed by atoms with Crippen LogP contribution < -0.4 is 4.72 Å². The average molecular weight is 248 g/mol. The molecule has 0 unspecified atom stereocenters. The zero-order valence-corrected chi connectivity index (χ0v) is 9.94. The SMILES string of the molecule is O=S(=O)(NC1CC1)c1cccc2ncccc12. The summed E-state index contributed by atoms with van der Waals surface area (Å²) in [7, 11) is -3.41. The van der Waals surface area contributed by atoms with Gasteiger partial charge in [-0.1, -0.05) is 6.07 Å². The molecule has 1 aromatic heterocycles. The lowest BCUT2D eigenvalue weighted by Crippen LogP contribution is -2.25. The van der Waals surface area contributed by atoms with Gasteiger partial charge in [-0.05, 0) is 37.1 Å². The third-order valence-corrected chi connectivity index (χ3v) is 4.37. The molecule has 1 heterocycles. The van der Waals surface area contributed by atoms with E-state index < -0.39 is 10.0 Å². The molecule has 1 N–H and O–H groups in total. The molecule has 0 bridgehead atoms. The smallest absolute Gasteiger partial charge is 0.241 e. The van der Waals surface area contributed by atoms with Crippen molar-refractivity contribution in [3.8, 4) is 0 Å². The van der Waals surface area contributed by atoms with E-state index >= 15 is 0 Å². The first-order valence-electron chi connectivity index (χ1n) is 5.53. The zero-order chi connectivity index (χ0) is 11.9. The number of benzene rings is 1. The maximum absolute atomic E-state index is 12.2. The van der Waals surface area contributed by atoms with E-state index in [-0.39, 0.29) is 6.04 Å².